The third-order valence-corrected chi connectivity index (χ3v) is 3.28. The van der Waals surface area contributed by atoms with Gasteiger partial charge >= 0.3 is 0 Å². The van der Waals surface area contributed by atoms with Crippen molar-refractivity contribution in [3.63, 3.8) is 0 Å². The number of aryl methyl sites for hydroxylation is 1. The fourth-order valence-electron chi connectivity index (χ4n) is 2.12. The van der Waals surface area contributed by atoms with Gasteiger partial charge in [-0.3, -0.25) is 0 Å². The van der Waals surface area contributed by atoms with Crippen LogP contribution in [0.15, 0.2) is 6.07 Å². The molecule has 1 fully saturated rings. The number of nitrogens with zero attached hydrogens (tertiary/aromatic N) is 2. The zero-order valence-corrected chi connectivity index (χ0v) is 11.4. The van der Waals surface area contributed by atoms with Gasteiger partial charge < -0.3 is 15.4 Å². The van der Waals surface area contributed by atoms with E-state index >= 15 is 0 Å². The minimum absolute atomic E-state index is 0.406. The summed E-state index contributed by atoms with van der Waals surface area (Å²) in [5, 5.41) is 6.52. The van der Waals surface area contributed by atoms with Crippen molar-refractivity contribution in [3.05, 3.63) is 11.9 Å². The Hall–Kier alpha value is -1.36. The molecule has 0 aliphatic heterocycles. The zero-order chi connectivity index (χ0) is 13.0. The van der Waals surface area contributed by atoms with E-state index in [1.54, 1.807) is 7.11 Å². The van der Waals surface area contributed by atoms with E-state index in [2.05, 4.69) is 27.5 Å². The van der Waals surface area contributed by atoms with Crippen molar-refractivity contribution in [3.8, 4) is 0 Å². The predicted molar refractivity (Wildman–Crippen MR) is 73.0 cm³/mol. The number of rotatable bonds is 6. The summed E-state index contributed by atoms with van der Waals surface area (Å²) < 4.78 is 5.28. The van der Waals surface area contributed by atoms with E-state index in [9.17, 15) is 0 Å². The SMILES string of the molecule is CCCc1nc(NC)cc(NC2CC(OC)C2)n1. The molecule has 18 heavy (non-hydrogen) atoms. The molecule has 5 nitrogen and oxygen atoms in total. The van der Waals surface area contributed by atoms with Crippen LogP contribution in [-0.4, -0.2) is 36.3 Å². The molecule has 2 N–H and O–H groups in total. The molecule has 0 saturated heterocycles. The summed E-state index contributed by atoms with van der Waals surface area (Å²) in [6, 6.07) is 2.43. The summed E-state index contributed by atoms with van der Waals surface area (Å²) in [7, 11) is 3.65. The van der Waals surface area contributed by atoms with Gasteiger partial charge in [-0.05, 0) is 19.3 Å². The highest BCUT2D eigenvalue weighted by atomic mass is 16.5. The van der Waals surface area contributed by atoms with Gasteiger partial charge in [0.2, 0.25) is 0 Å². The number of ether oxygens (including phenoxy) is 1. The first-order chi connectivity index (χ1) is 8.75. The maximum atomic E-state index is 5.28. The Morgan fingerprint density at radius 3 is 2.67 bits per heavy atom. The van der Waals surface area contributed by atoms with Crippen LogP contribution in [-0.2, 0) is 11.2 Å². The number of aromatic nitrogens is 2. The Balaban J connectivity index is 2.00. The van der Waals surface area contributed by atoms with Crippen LogP contribution in [0.25, 0.3) is 0 Å². The number of hydrogen-bond donors (Lipinski definition) is 2. The summed E-state index contributed by atoms with van der Waals surface area (Å²) in [5.41, 5.74) is 0. The average Bonchev–Trinajstić information content (AvgIpc) is 2.33. The van der Waals surface area contributed by atoms with E-state index in [-0.39, 0.29) is 0 Å². The summed E-state index contributed by atoms with van der Waals surface area (Å²) in [6.45, 7) is 2.14. The molecule has 0 aromatic carbocycles. The quantitative estimate of drug-likeness (QED) is 0.809. The van der Waals surface area contributed by atoms with Crippen LogP contribution in [0.1, 0.15) is 32.0 Å². The van der Waals surface area contributed by atoms with Gasteiger partial charge in [0.05, 0.1) is 6.10 Å². The molecule has 5 heteroatoms. The number of hydrogen-bond acceptors (Lipinski definition) is 5. The van der Waals surface area contributed by atoms with Gasteiger partial charge in [-0.2, -0.15) is 0 Å². The van der Waals surface area contributed by atoms with Gasteiger partial charge in [0.1, 0.15) is 17.5 Å². The van der Waals surface area contributed by atoms with Crippen LogP contribution < -0.4 is 10.6 Å². The van der Waals surface area contributed by atoms with Crippen molar-refractivity contribution < 1.29 is 4.74 Å². The van der Waals surface area contributed by atoms with E-state index in [4.69, 9.17) is 4.74 Å². The van der Waals surface area contributed by atoms with Crippen LogP contribution >= 0.6 is 0 Å². The molecule has 1 aromatic rings. The fourth-order valence-corrected chi connectivity index (χ4v) is 2.12. The molecule has 2 rings (SSSR count). The third kappa shape index (κ3) is 3.10. The Bertz CT molecular complexity index is 391. The molecular weight excluding hydrogens is 228 g/mol. The van der Waals surface area contributed by atoms with Crippen molar-refractivity contribution in [2.75, 3.05) is 24.8 Å². The first-order valence-electron chi connectivity index (χ1n) is 6.60. The highest BCUT2D eigenvalue weighted by molar-refractivity contribution is 5.48. The van der Waals surface area contributed by atoms with E-state index < -0.39 is 0 Å². The summed E-state index contributed by atoms with van der Waals surface area (Å²) in [4.78, 5) is 8.98. The van der Waals surface area contributed by atoms with E-state index in [1.807, 2.05) is 13.1 Å². The van der Waals surface area contributed by atoms with E-state index in [1.165, 1.54) is 0 Å². The van der Waals surface area contributed by atoms with Crippen LogP contribution in [0.2, 0.25) is 0 Å². The predicted octanol–water partition coefficient (Wildman–Crippen LogP) is 2.06. The second-order valence-electron chi connectivity index (χ2n) is 4.73. The lowest BCUT2D eigenvalue weighted by atomic mass is 9.89. The van der Waals surface area contributed by atoms with E-state index in [0.29, 0.717) is 12.1 Å². The molecule has 1 aliphatic rings. The molecule has 0 bridgehead atoms. The molecule has 1 aliphatic carbocycles. The highest BCUT2D eigenvalue weighted by Crippen LogP contribution is 2.26. The Labute approximate surface area is 108 Å². The summed E-state index contributed by atoms with van der Waals surface area (Å²) >= 11 is 0. The largest absolute Gasteiger partial charge is 0.381 e. The fraction of sp³-hybridized carbons (Fsp3) is 0.692. The first kappa shape index (κ1) is 13.1. The monoisotopic (exact) mass is 250 g/mol. The van der Waals surface area contributed by atoms with Crippen LogP contribution in [0.4, 0.5) is 11.6 Å². The van der Waals surface area contributed by atoms with Gasteiger partial charge in [-0.15, -0.1) is 0 Å². The average molecular weight is 250 g/mol. The highest BCUT2D eigenvalue weighted by Gasteiger charge is 2.29. The van der Waals surface area contributed by atoms with Crippen molar-refractivity contribution in [2.45, 2.75) is 44.8 Å². The maximum Gasteiger partial charge on any atom is 0.133 e. The van der Waals surface area contributed by atoms with Crippen molar-refractivity contribution in [2.24, 2.45) is 0 Å². The standard InChI is InChI=1S/C13H22N4O/c1-4-5-11-16-12(14-2)8-13(17-11)15-9-6-10(7-9)18-3/h8-10H,4-7H2,1-3H3,(H2,14,15,16,17). The first-order valence-corrected chi connectivity index (χ1v) is 6.60. The van der Waals surface area contributed by atoms with Crippen molar-refractivity contribution >= 4 is 11.6 Å². The molecule has 0 unspecified atom stereocenters. The van der Waals surface area contributed by atoms with Gasteiger partial charge in [-0.1, -0.05) is 6.92 Å². The van der Waals surface area contributed by atoms with Gasteiger partial charge in [0, 0.05) is 32.7 Å². The van der Waals surface area contributed by atoms with Crippen LogP contribution in [0.3, 0.4) is 0 Å². The second kappa shape index (κ2) is 6.00. The topological polar surface area (TPSA) is 59.1 Å². The van der Waals surface area contributed by atoms with Crippen LogP contribution in [0, 0.1) is 0 Å². The zero-order valence-electron chi connectivity index (χ0n) is 11.4. The molecular formula is C13H22N4O. The summed E-state index contributed by atoms with van der Waals surface area (Å²) in [5.74, 6) is 2.69. The van der Waals surface area contributed by atoms with Gasteiger partial charge in [0.15, 0.2) is 0 Å². The number of anilines is 2. The van der Waals surface area contributed by atoms with Crippen molar-refractivity contribution in [1.29, 1.82) is 0 Å². The maximum absolute atomic E-state index is 5.28. The Morgan fingerprint density at radius 2 is 2.06 bits per heavy atom. The molecule has 0 radical (unpaired) electrons. The Morgan fingerprint density at radius 1 is 1.33 bits per heavy atom. The molecule has 0 amide bonds. The molecule has 100 valence electrons. The van der Waals surface area contributed by atoms with Gasteiger partial charge in [-0.25, -0.2) is 9.97 Å². The van der Waals surface area contributed by atoms with E-state index in [0.717, 1.165) is 43.1 Å². The number of methoxy groups -OCH3 is 1. The van der Waals surface area contributed by atoms with Crippen LogP contribution in [0.5, 0.6) is 0 Å². The molecule has 1 aromatic heterocycles. The normalized spacial score (nSPS) is 22.4. The second-order valence-corrected chi connectivity index (χ2v) is 4.73. The molecule has 0 spiro atoms. The smallest absolute Gasteiger partial charge is 0.133 e. The number of nitrogens with one attached hydrogen (secondary N) is 2. The van der Waals surface area contributed by atoms with Crippen molar-refractivity contribution in [1.82, 2.24) is 9.97 Å². The molecule has 1 saturated carbocycles. The lowest BCUT2D eigenvalue weighted by molar-refractivity contribution is 0.0328. The lowest BCUT2D eigenvalue weighted by Gasteiger charge is -2.35. The molecule has 0 atom stereocenters. The Kier molecular flexibility index (Phi) is 4.36. The minimum Gasteiger partial charge on any atom is -0.381 e. The van der Waals surface area contributed by atoms with Gasteiger partial charge in [0.25, 0.3) is 0 Å². The third-order valence-electron chi connectivity index (χ3n) is 3.28. The summed E-state index contributed by atoms with van der Waals surface area (Å²) in [6.07, 6.45) is 4.48. The molecule has 1 heterocycles. The minimum atomic E-state index is 0.406. The lowest BCUT2D eigenvalue weighted by Crippen LogP contribution is -2.40.